The van der Waals surface area contributed by atoms with Crippen molar-refractivity contribution in [3.05, 3.63) is 90.9 Å². The minimum absolute atomic E-state index is 0.601. The van der Waals surface area contributed by atoms with E-state index in [-0.39, 0.29) is 0 Å². The number of hydrogen-bond acceptors (Lipinski definition) is 5. The van der Waals surface area contributed by atoms with Crippen LogP contribution in [0.25, 0.3) is 22.8 Å². The standard InChI is InChI=1S/C21H17N5/c1-2-6-17(7-3-1)19-14-20(24-15-16-9-12-22-13-10-16)26-21(25-19)18-8-4-5-11-23-18/h1-14H,15H2,(H,24,25,26). The van der Waals surface area contributed by atoms with Crippen molar-refractivity contribution >= 4 is 5.82 Å². The molecule has 5 heteroatoms. The lowest BCUT2D eigenvalue weighted by Crippen LogP contribution is -2.04. The molecule has 0 atom stereocenters. The van der Waals surface area contributed by atoms with Gasteiger partial charge in [0.1, 0.15) is 11.5 Å². The number of rotatable bonds is 5. The van der Waals surface area contributed by atoms with Crippen LogP contribution in [0, 0.1) is 0 Å². The van der Waals surface area contributed by atoms with E-state index in [9.17, 15) is 0 Å². The zero-order valence-electron chi connectivity index (χ0n) is 14.1. The summed E-state index contributed by atoms with van der Waals surface area (Å²) in [5.41, 5.74) is 3.79. The second-order valence-corrected chi connectivity index (χ2v) is 5.75. The highest BCUT2D eigenvalue weighted by Gasteiger charge is 2.09. The monoisotopic (exact) mass is 339 g/mol. The van der Waals surface area contributed by atoms with Crippen LogP contribution in [0.15, 0.2) is 85.3 Å². The number of benzene rings is 1. The second-order valence-electron chi connectivity index (χ2n) is 5.75. The summed E-state index contributed by atoms with van der Waals surface area (Å²) in [6.07, 6.45) is 5.31. The van der Waals surface area contributed by atoms with Crippen molar-refractivity contribution in [2.24, 2.45) is 0 Å². The van der Waals surface area contributed by atoms with Crippen molar-refractivity contribution in [1.29, 1.82) is 0 Å². The third kappa shape index (κ3) is 3.72. The Labute approximate surface area is 151 Å². The first-order valence-corrected chi connectivity index (χ1v) is 8.37. The van der Waals surface area contributed by atoms with Crippen molar-refractivity contribution in [1.82, 2.24) is 19.9 Å². The average Bonchev–Trinajstić information content (AvgIpc) is 2.74. The Morgan fingerprint density at radius 3 is 2.31 bits per heavy atom. The lowest BCUT2D eigenvalue weighted by molar-refractivity contribution is 1.07. The van der Waals surface area contributed by atoms with Crippen molar-refractivity contribution < 1.29 is 0 Å². The summed E-state index contributed by atoms with van der Waals surface area (Å²) in [5.74, 6) is 1.36. The van der Waals surface area contributed by atoms with E-state index in [1.54, 1.807) is 18.6 Å². The summed E-state index contributed by atoms with van der Waals surface area (Å²) >= 11 is 0. The molecule has 0 aliphatic carbocycles. The highest BCUT2D eigenvalue weighted by atomic mass is 15.0. The minimum Gasteiger partial charge on any atom is -0.366 e. The number of nitrogens with one attached hydrogen (secondary N) is 1. The van der Waals surface area contributed by atoms with Gasteiger partial charge in [-0.05, 0) is 29.8 Å². The fourth-order valence-electron chi connectivity index (χ4n) is 2.60. The van der Waals surface area contributed by atoms with Crippen LogP contribution in [-0.2, 0) is 6.54 Å². The Morgan fingerprint density at radius 1 is 0.731 bits per heavy atom. The normalized spacial score (nSPS) is 10.5. The van der Waals surface area contributed by atoms with Crippen LogP contribution >= 0.6 is 0 Å². The molecule has 0 bridgehead atoms. The summed E-state index contributed by atoms with van der Waals surface area (Å²) in [6.45, 7) is 0.662. The SMILES string of the molecule is c1ccc(-c2cc(NCc3ccncc3)nc(-c3ccccn3)n2)cc1. The first-order chi connectivity index (χ1) is 12.9. The van der Waals surface area contributed by atoms with Crippen LogP contribution in [0.3, 0.4) is 0 Å². The Kier molecular flexibility index (Phi) is 4.60. The van der Waals surface area contributed by atoms with Crippen molar-refractivity contribution in [3.63, 3.8) is 0 Å². The largest absolute Gasteiger partial charge is 0.366 e. The highest BCUT2D eigenvalue weighted by molar-refractivity contribution is 5.66. The summed E-state index contributed by atoms with van der Waals surface area (Å²) in [5, 5.41) is 3.37. The lowest BCUT2D eigenvalue weighted by Gasteiger charge is -2.10. The molecule has 3 heterocycles. The molecular weight excluding hydrogens is 322 g/mol. The molecule has 0 saturated carbocycles. The Bertz CT molecular complexity index is 915. The molecule has 0 amide bonds. The van der Waals surface area contributed by atoms with E-state index in [2.05, 4.69) is 20.3 Å². The quantitative estimate of drug-likeness (QED) is 0.590. The molecule has 1 N–H and O–H groups in total. The van der Waals surface area contributed by atoms with Gasteiger partial charge in [-0.2, -0.15) is 0 Å². The van der Waals surface area contributed by atoms with Gasteiger partial charge in [0, 0.05) is 36.8 Å². The van der Waals surface area contributed by atoms with Gasteiger partial charge >= 0.3 is 0 Å². The third-order valence-electron chi connectivity index (χ3n) is 3.91. The molecular formula is C21H17N5. The zero-order chi connectivity index (χ0) is 17.6. The predicted octanol–water partition coefficient (Wildman–Crippen LogP) is 4.21. The molecule has 0 fully saturated rings. The molecule has 5 nitrogen and oxygen atoms in total. The van der Waals surface area contributed by atoms with E-state index in [1.807, 2.05) is 66.7 Å². The van der Waals surface area contributed by atoms with Gasteiger partial charge in [0.2, 0.25) is 0 Å². The first kappa shape index (κ1) is 15.9. The molecule has 126 valence electrons. The molecule has 0 radical (unpaired) electrons. The Hall–Kier alpha value is -3.60. The number of anilines is 1. The lowest BCUT2D eigenvalue weighted by atomic mass is 10.1. The van der Waals surface area contributed by atoms with Gasteiger partial charge in [0.05, 0.1) is 5.69 Å². The van der Waals surface area contributed by atoms with Crippen LogP contribution in [0.1, 0.15) is 5.56 Å². The van der Waals surface area contributed by atoms with Gasteiger partial charge < -0.3 is 5.32 Å². The first-order valence-electron chi connectivity index (χ1n) is 8.37. The van der Waals surface area contributed by atoms with Crippen molar-refractivity contribution in [2.75, 3.05) is 5.32 Å². The maximum atomic E-state index is 4.71. The Morgan fingerprint density at radius 2 is 1.54 bits per heavy atom. The third-order valence-corrected chi connectivity index (χ3v) is 3.91. The molecule has 3 aromatic heterocycles. The van der Waals surface area contributed by atoms with E-state index in [4.69, 9.17) is 4.98 Å². The van der Waals surface area contributed by atoms with Crippen molar-refractivity contribution in [2.45, 2.75) is 6.54 Å². The van der Waals surface area contributed by atoms with Gasteiger partial charge in [-0.3, -0.25) is 9.97 Å². The van der Waals surface area contributed by atoms with Crippen molar-refractivity contribution in [3.8, 4) is 22.8 Å². The van der Waals surface area contributed by atoms with Crippen LogP contribution in [-0.4, -0.2) is 19.9 Å². The zero-order valence-corrected chi connectivity index (χ0v) is 14.1. The molecule has 4 rings (SSSR count). The molecule has 0 saturated heterocycles. The number of nitrogens with zero attached hydrogens (tertiary/aromatic N) is 4. The van der Waals surface area contributed by atoms with E-state index in [1.165, 1.54) is 0 Å². The second kappa shape index (κ2) is 7.53. The Balaban J connectivity index is 1.70. The van der Waals surface area contributed by atoms with Gasteiger partial charge in [-0.1, -0.05) is 36.4 Å². The highest BCUT2D eigenvalue weighted by Crippen LogP contribution is 2.23. The summed E-state index contributed by atoms with van der Waals surface area (Å²) < 4.78 is 0. The molecule has 1 aromatic carbocycles. The fraction of sp³-hybridized carbons (Fsp3) is 0.0476. The molecule has 26 heavy (non-hydrogen) atoms. The maximum absolute atomic E-state index is 4.71. The van der Waals surface area contributed by atoms with E-state index < -0.39 is 0 Å². The summed E-state index contributed by atoms with van der Waals surface area (Å²) in [7, 11) is 0. The molecule has 0 aliphatic heterocycles. The van der Waals surface area contributed by atoms with Gasteiger partial charge in [-0.25, -0.2) is 9.97 Å². The predicted molar refractivity (Wildman–Crippen MR) is 102 cm³/mol. The van der Waals surface area contributed by atoms with E-state index in [0.717, 1.165) is 28.3 Å². The van der Waals surface area contributed by atoms with Crippen LogP contribution in [0.2, 0.25) is 0 Å². The van der Waals surface area contributed by atoms with Crippen LogP contribution in [0.5, 0.6) is 0 Å². The fourth-order valence-corrected chi connectivity index (χ4v) is 2.60. The maximum Gasteiger partial charge on any atom is 0.180 e. The van der Waals surface area contributed by atoms with Gasteiger partial charge in [-0.15, -0.1) is 0 Å². The summed E-state index contributed by atoms with van der Waals surface area (Å²) in [6, 6.07) is 21.7. The number of aromatic nitrogens is 4. The smallest absolute Gasteiger partial charge is 0.180 e. The van der Waals surface area contributed by atoms with Gasteiger partial charge in [0.25, 0.3) is 0 Å². The minimum atomic E-state index is 0.601. The van der Waals surface area contributed by atoms with E-state index >= 15 is 0 Å². The average molecular weight is 339 g/mol. The number of pyridine rings is 2. The molecule has 0 spiro atoms. The van der Waals surface area contributed by atoms with Crippen LogP contribution < -0.4 is 5.32 Å². The van der Waals surface area contributed by atoms with E-state index in [0.29, 0.717) is 12.4 Å². The number of hydrogen-bond donors (Lipinski definition) is 1. The topological polar surface area (TPSA) is 63.6 Å². The molecule has 4 aromatic rings. The molecule has 0 unspecified atom stereocenters. The summed E-state index contributed by atoms with van der Waals surface area (Å²) in [4.78, 5) is 17.8. The van der Waals surface area contributed by atoms with Crippen LogP contribution in [0.4, 0.5) is 5.82 Å². The van der Waals surface area contributed by atoms with Gasteiger partial charge in [0.15, 0.2) is 5.82 Å². The molecule has 0 aliphatic rings.